The molecule has 2 aromatic rings. The molecule has 1 atom stereocenters. The lowest BCUT2D eigenvalue weighted by molar-refractivity contribution is -0.141. The summed E-state index contributed by atoms with van der Waals surface area (Å²) in [5.74, 6) is -1.06. The summed E-state index contributed by atoms with van der Waals surface area (Å²) in [5, 5.41) is 3.08. The number of aryl methyl sites for hydroxylation is 1. The van der Waals surface area contributed by atoms with Gasteiger partial charge in [-0.2, -0.15) is 0 Å². The maximum atomic E-state index is 14.2. The molecule has 29 heavy (non-hydrogen) atoms. The summed E-state index contributed by atoms with van der Waals surface area (Å²) in [6, 6.07) is 11.4. The molecular formula is C23H28ClFN2O2. The topological polar surface area (TPSA) is 49.4 Å². The monoisotopic (exact) mass is 418 g/mol. The van der Waals surface area contributed by atoms with Gasteiger partial charge in [-0.15, -0.1) is 0 Å². The van der Waals surface area contributed by atoms with Gasteiger partial charge >= 0.3 is 0 Å². The van der Waals surface area contributed by atoms with Gasteiger partial charge in [-0.05, 0) is 43.0 Å². The van der Waals surface area contributed by atoms with Crippen LogP contribution < -0.4 is 5.32 Å². The number of nitrogens with zero attached hydrogens (tertiary/aromatic N) is 1. The summed E-state index contributed by atoms with van der Waals surface area (Å²) in [7, 11) is 0. The molecule has 156 valence electrons. The lowest BCUT2D eigenvalue weighted by atomic mass is 10.0. The molecule has 6 heteroatoms. The van der Waals surface area contributed by atoms with Crippen molar-refractivity contribution in [3.05, 3.63) is 70.0 Å². The molecule has 0 aliphatic rings. The minimum Gasteiger partial charge on any atom is -0.354 e. The third-order valence-corrected chi connectivity index (χ3v) is 5.28. The van der Waals surface area contributed by atoms with Crippen molar-refractivity contribution in [2.24, 2.45) is 0 Å². The Morgan fingerprint density at radius 2 is 1.86 bits per heavy atom. The molecule has 2 amide bonds. The standard InChI is InChI=1S/C23H28ClFN2O2/c1-4-13-26-23(29)21(5-2)27(15-17-10-7-6-9-16(17)3)22(28)14-18-19(24)11-8-12-20(18)25/h6-12,21H,4-5,13-15H2,1-3H3,(H,26,29)/t21-/m1/s1. The van der Waals surface area contributed by atoms with Crippen LogP contribution in [0.5, 0.6) is 0 Å². The van der Waals surface area contributed by atoms with Gasteiger partial charge in [0.05, 0.1) is 6.42 Å². The van der Waals surface area contributed by atoms with Crippen LogP contribution in [0.25, 0.3) is 0 Å². The van der Waals surface area contributed by atoms with Gasteiger partial charge in [0, 0.05) is 23.7 Å². The van der Waals surface area contributed by atoms with Crippen LogP contribution in [0.1, 0.15) is 43.4 Å². The summed E-state index contributed by atoms with van der Waals surface area (Å²) in [4.78, 5) is 27.5. The van der Waals surface area contributed by atoms with E-state index in [0.29, 0.717) is 13.0 Å². The van der Waals surface area contributed by atoms with E-state index in [1.807, 2.05) is 45.0 Å². The summed E-state index contributed by atoms with van der Waals surface area (Å²) in [6.45, 7) is 6.61. The first-order valence-corrected chi connectivity index (χ1v) is 10.3. The molecule has 0 heterocycles. The lowest BCUT2D eigenvalue weighted by Gasteiger charge is -2.31. The Morgan fingerprint density at radius 1 is 1.14 bits per heavy atom. The zero-order chi connectivity index (χ0) is 21.4. The van der Waals surface area contributed by atoms with Gasteiger partial charge < -0.3 is 10.2 Å². The Bertz CT molecular complexity index is 836. The van der Waals surface area contributed by atoms with Gasteiger partial charge in [0.2, 0.25) is 11.8 Å². The number of amides is 2. The van der Waals surface area contributed by atoms with Crippen molar-refractivity contribution in [3.8, 4) is 0 Å². The van der Waals surface area contributed by atoms with Crippen molar-refractivity contribution in [1.29, 1.82) is 0 Å². The van der Waals surface area contributed by atoms with Gasteiger partial charge in [-0.3, -0.25) is 9.59 Å². The second-order valence-corrected chi connectivity index (χ2v) is 7.45. The molecule has 1 N–H and O–H groups in total. The Hall–Kier alpha value is -2.40. The van der Waals surface area contributed by atoms with Gasteiger partial charge in [-0.1, -0.05) is 55.8 Å². The molecule has 0 fully saturated rings. The number of carbonyl (C=O) groups is 2. The predicted molar refractivity (Wildman–Crippen MR) is 114 cm³/mol. The third kappa shape index (κ3) is 6.04. The van der Waals surface area contributed by atoms with Crippen molar-refractivity contribution in [2.45, 2.75) is 52.6 Å². The van der Waals surface area contributed by atoms with Gasteiger partial charge in [0.1, 0.15) is 11.9 Å². The van der Waals surface area contributed by atoms with E-state index in [1.54, 1.807) is 6.07 Å². The number of hydrogen-bond acceptors (Lipinski definition) is 2. The van der Waals surface area contributed by atoms with Crippen LogP contribution in [0.3, 0.4) is 0 Å². The first kappa shape index (κ1) is 22.9. The maximum Gasteiger partial charge on any atom is 0.242 e. The van der Waals surface area contributed by atoms with Crippen molar-refractivity contribution in [2.75, 3.05) is 6.54 Å². The van der Waals surface area contributed by atoms with Crippen LogP contribution in [-0.2, 0) is 22.6 Å². The van der Waals surface area contributed by atoms with Crippen LogP contribution in [0.4, 0.5) is 4.39 Å². The minimum atomic E-state index is -0.640. The molecule has 2 aromatic carbocycles. The molecule has 0 spiro atoms. The highest BCUT2D eigenvalue weighted by molar-refractivity contribution is 6.31. The molecule has 0 aliphatic carbocycles. The second kappa shape index (κ2) is 11.0. The fraction of sp³-hybridized carbons (Fsp3) is 0.391. The summed E-state index contributed by atoms with van der Waals surface area (Å²) >= 11 is 6.12. The van der Waals surface area contributed by atoms with E-state index in [9.17, 15) is 14.0 Å². The number of rotatable bonds is 9. The molecule has 0 bridgehead atoms. The highest BCUT2D eigenvalue weighted by atomic mass is 35.5. The fourth-order valence-corrected chi connectivity index (χ4v) is 3.44. The van der Waals surface area contributed by atoms with Gasteiger partial charge in [-0.25, -0.2) is 4.39 Å². The quantitative estimate of drug-likeness (QED) is 0.643. The maximum absolute atomic E-state index is 14.2. The number of benzene rings is 2. The van der Waals surface area contributed by atoms with Crippen molar-refractivity contribution in [3.63, 3.8) is 0 Å². The largest absolute Gasteiger partial charge is 0.354 e. The third-order valence-electron chi connectivity index (χ3n) is 4.93. The van der Waals surface area contributed by atoms with Crippen molar-refractivity contribution < 1.29 is 14.0 Å². The van der Waals surface area contributed by atoms with E-state index >= 15 is 0 Å². The molecular weight excluding hydrogens is 391 g/mol. The van der Waals surface area contributed by atoms with Crippen molar-refractivity contribution in [1.82, 2.24) is 10.2 Å². The molecule has 2 rings (SSSR count). The van der Waals surface area contributed by atoms with E-state index in [-0.39, 0.29) is 35.4 Å². The van der Waals surface area contributed by atoms with Gasteiger partial charge in [0.15, 0.2) is 0 Å². The smallest absolute Gasteiger partial charge is 0.242 e. The predicted octanol–water partition coefficient (Wildman–Crippen LogP) is 4.66. The zero-order valence-corrected chi connectivity index (χ0v) is 17.9. The highest BCUT2D eigenvalue weighted by Gasteiger charge is 2.29. The number of carbonyl (C=O) groups excluding carboxylic acids is 2. The average Bonchev–Trinajstić information content (AvgIpc) is 2.70. The summed E-state index contributed by atoms with van der Waals surface area (Å²) in [6.07, 6.45) is 1.06. The van der Waals surface area contributed by atoms with E-state index < -0.39 is 11.9 Å². The van der Waals surface area contributed by atoms with E-state index in [4.69, 9.17) is 11.6 Å². The molecule has 0 saturated heterocycles. The fourth-order valence-electron chi connectivity index (χ4n) is 3.21. The van der Waals surface area contributed by atoms with Crippen molar-refractivity contribution >= 4 is 23.4 Å². The first-order chi connectivity index (χ1) is 13.9. The van der Waals surface area contributed by atoms with Crippen LogP contribution in [0.2, 0.25) is 5.02 Å². The Morgan fingerprint density at radius 3 is 2.48 bits per heavy atom. The molecule has 0 aliphatic heterocycles. The van der Waals surface area contributed by atoms with Gasteiger partial charge in [0.25, 0.3) is 0 Å². The molecule has 0 unspecified atom stereocenters. The average molecular weight is 419 g/mol. The lowest BCUT2D eigenvalue weighted by Crippen LogP contribution is -2.49. The van der Waals surface area contributed by atoms with Crippen LogP contribution in [0.15, 0.2) is 42.5 Å². The second-order valence-electron chi connectivity index (χ2n) is 7.04. The number of halogens is 2. The van der Waals surface area contributed by atoms with E-state index in [0.717, 1.165) is 17.5 Å². The molecule has 0 aromatic heterocycles. The Balaban J connectivity index is 2.35. The Kier molecular flexibility index (Phi) is 8.65. The zero-order valence-electron chi connectivity index (χ0n) is 17.2. The molecule has 0 radical (unpaired) electrons. The Labute approximate surface area is 177 Å². The molecule has 0 saturated carbocycles. The minimum absolute atomic E-state index is 0.151. The van der Waals surface area contributed by atoms with Crippen LogP contribution in [0, 0.1) is 12.7 Å². The van der Waals surface area contributed by atoms with Crippen LogP contribution >= 0.6 is 11.6 Å². The SMILES string of the molecule is CCCNC(=O)[C@@H](CC)N(Cc1ccccc1C)C(=O)Cc1c(F)cccc1Cl. The molecule has 4 nitrogen and oxygen atoms in total. The number of hydrogen-bond donors (Lipinski definition) is 1. The normalized spacial score (nSPS) is 11.8. The first-order valence-electron chi connectivity index (χ1n) is 9.93. The van der Waals surface area contributed by atoms with E-state index in [2.05, 4.69) is 5.32 Å². The number of nitrogens with one attached hydrogen (secondary N) is 1. The van der Waals surface area contributed by atoms with E-state index in [1.165, 1.54) is 17.0 Å². The van der Waals surface area contributed by atoms with Crippen LogP contribution in [-0.4, -0.2) is 29.3 Å². The highest BCUT2D eigenvalue weighted by Crippen LogP contribution is 2.22. The summed E-state index contributed by atoms with van der Waals surface area (Å²) in [5.41, 5.74) is 2.12. The summed E-state index contributed by atoms with van der Waals surface area (Å²) < 4.78 is 14.2.